The van der Waals surface area contributed by atoms with Gasteiger partial charge in [-0.25, -0.2) is 14.3 Å². The second-order valence-corrected chi connectivity index (χ2v) is 6.77. The fraction of sp³-hybridized carbons (Fsp3) is 0.188. The average Bonchev–Trinajstić information content (AvgIpc) is 2.60. The molecule has 0 bridgehead atoms. The molecule has 1 amide bonds. The zero-order valence-electron chi connectivity index (χ0n) is 12.8. The highest BCUT2D eigenvalue weighted by atomic mass is 32.2. The van der Waals surface area contributed by atoms with Gasteiger partial charge in [-0.1, -0.05) is 37.3 Å². The number of hydrazine groups is 1. The van der Waals surface area contributed by atoms with Crippen molar-refractivity contribution in [2.75, 3.05) is 10.8 Å². The molecule has 2 aromatic carbocycles. The molecule has 122 valence electrons. The number of carbonyl (C=O) groups is 1. The number of carbonyl (C=O) groups excluding carboxylic acids is 1. The van der Waals surface area contributed by atoms with E-state index in [2.05, 4.69) is 0 Å². The van der Waals surface area contributed by atoms with Crippen LogP contribution in [-0.4, -0.2) is 20.9 Å². The van der Waals surface area contributed by atoms with Crippen molar-refractivity contribution in [3.8, 4) is 0 Å². The molecule has 7 heteroatoms. The number of nitrogens with one attached hydrogen (secondary N) is 1. The van der Waals surface area contributed by atoms with Crippen LogP contribution in [0.25, 0.3) is 0 Å². The third kappa shape index (κ3) is 3.88. The Hall–Kier alpha value is -2.38. The minimum Gasteiger partial charge on any atom is -0.293 e. The summed E-state index contributed by atoms with van der Waals surface area (Å²) in [6, 6.07) is 15.0. The van der Waals surface area contributed by atoms with Gasteiger partial charge in [-0.3, -0.25) is 14.5 Å². The molecule has 0 fully saturated rings. The topological polar surface area (TPSA) is 92.5 Å². The minimum atomic E-state index is -3.86. The van der Waals surface area contributed by atoms with Crippen molar-refractivity contribution in [3.63, 3.8) is 0 Å². The Balaban J connectivity index is 2.47. The van der Waals surface area contributed by atoms with Crippen LogP contribution in [0.2, 0.25) is 0 Å². The van der Waals surface area contributed by atoms with Crippen LogP contribution >= 0.6 is 0 Å². The predicted octanol–water partition coefficient (Wildman–Crippen LogP) is 1.43. The molecule has 0 aromatic heterocycles. The summed E-state index contributed by atoms with van der Waals surface area (Å²) < 4.78 is 26.7. The standard InChI is InChI=1S/C16H19N3O3S/c1-2-13-8-10-14(11-9-13)19(12-16(20)18-17)23(21,22)15-6-4-3-5-7-15/h3-11H,2,12,17H2,1H3,(H,18,20). The number of benzene rings is 2. The van der Waals surface area contributed by atoms with E-state index in [-0.39, 0.29) is 11.4 Å². The summed E-state index contributed by atoms with van der Waals surface area (Å²) in [4.78, 5) is 11.8. The lowest BCUT2D eigenvalue weighted by atomic mass is 10.1. The molecule has 2 rings (SSSR count). The number of hydrogen-bond acceptors (Lipinski definition) is 4. The maximum absolute atomic E-state index is 12.8. The fourth-order valence-corrected chi connectivity index (χ4v) is 3.55. The summed E-state index contributed by atoms with van der Waals surface area (Å²) in [6.45, 7) is 1.62. The highest BCUT2D eigenvalue weighted by Crippen LogP contribution is 2.24. The third-order valence-corrected chi connectivity index (χ3v) is 5.20. The van der Waals surface area contributed by atoms with Gasteiger partial charge in [0.15, 0.2) is 0 Å². The van der Waals surface area contributed by atoms with E-state index in [1.54, 1.807) is 30.3 Å². The molecule has 0 unspecified atom stereocenters. The Morgan fingerprint density at radius 2 is 1.70 bits per heavy atom. The van der Waals surface area contributed by atoms with E-state index in [1.165, 1.54) is 12.1 Å². The quantitative estimate of drug-likeness (QED) is 0.475. The Bertz CT molecular complexity index is 759. The first kappa shape index (κ1) is 17.0. The molecule has 6 nitrogen and oxygen atoms in total. The molecule has 0 aliphatic heterocycles. The zero-order chi connectivity index (χ0) is 16.9. The summed E-state index contributed by atoms with van der Waals surface area (Å²) in [5, 5.41) is 0. The van der Waals surface area contributed by atoms with Gasteiger partial charge in [-0.15, -0.1) is 0 Å². The van der Waals surface area contributed by atoms with Crippen LogP contribution in [0, 0.1) is 0 Å². The number of aryl methyl sites for hydroxylation is 1. The minimum absolute atomic E-state index is 0.115. The normalized spacial score (nSPS) is 11.0. The van der Waals surface area contributed by atoms with E-state index >= 15 is 0 Å². The molecule has 0 saturated heterocycles. The Morgan fingerprint density at radius 1 is 1.09 bits per heavy atom. The Labute approximate surface area is 135 Å². The molecule has 2 aromatic rings. The summed E-state index contributed by atoms with van der Waals surface area (Å²) in [6.07, 6.45) is 0.842. The van der Waals surface area contributed by atoms with Gasteiger partial charge in [0.1, 0.15) is 6.54 Å². The lowest BCUT2D eigenvalue weighted by Crippen LogP contribution is -2.43. The van der Waals surface area contributed by atoms with Crippen molar-refractivity contribution in [2.45, 2.75) is 18.2 Å². The number of nitrogens with two attached hydrogens (primary N) is 1. The van der Waals surface area contributed by atoms with E-state index in [9.17, 15) is 13.2 Å². The van der Waals surface area contributed by atoms with Gasteiger partial charge in [0.25, 0.3) is 15.9 Å². The van der Waals surface area contributed by atoms with Crippen LogP contribution in [-0.2, 0) is 21.2 Å². The molecule has 0 spiro atoms. The second-order valence-electron chi connectivity index (χ2n) is 4.91. The van der Waals surface area contributed by atoms with Gasteiger partial charge < -0.3 is 0 Å². The van der Waals surface area contributed by atoms with E-state index in [0.29, 0.717) is 5.69 Å². The molecule has 3 N–H and O–H groups in total. The van der Waals surface area contributed by atoms with Gasteiger partial charge in [-0.05, 0) is 36.2 Å². The first-order valence-corrected chi connectivity index (χ1v) is 8.59. The molecule has 23 heavy (non-hydrogen) atoms. The van der Waals surface area contributed by atoms with Crippen LogP contribution in [0.15, 0.2) is 59.5 Å². The van der Waals surface area contributed by atoms with Gasteiger partial charge in [0.05, 0.1) is 10.6 Å². The predicted molar refractivity (Wildman–Crippen MR) is 89.1 cm³/mol. The van der Waals surface area contributed by atoms with E-state index in [4.69, 9.17) is 5.84 Å². The number of rotatable bonds is 6. The van der Waals surface area contributed by atoms with Gasteiger partial charge in [0.2, 0.25) is 0 Å². The number of anilines is 1. The van der Waals surface area contributed by atoms with Crippen LogP contribution < -0.4 is 15.6 Å². The van der Waals surface area contributed by atoms with Gasteiger partial charge >= 0.3 is 0 Å². The molecule has 0 aliphatic carbocycles. The highest BCUT2D eigenvalue weighted by Gasteiger charge is 2.26. The fourth-order valence-electron chi connectivity index (χ4n) is 2.11. The number of amides is 1. The number of sulfonamides is 1. The average molecular weight is 333 g/mol. The van der Waals surface area contributed by atoms with Crippen LogP contribution in [0.5, 0.6) is 0 Å². The molecular weight excluding hydrogens is 314 g/mol. The molecular formula is C16H19N3O3S. The zero-order valence-corrected chi connectivity index (χ0v) is 13.6. The summed E-state index contributed by atoms with van der Waals surface area (Å²) in [5.74, 6) is 4.51. The van der Waals surface area contributed by atoms with Crippen molar-refractivity contribution in [1.82, 2.24) is 5.43 Å². The highest BCUT2D eigenvalue weighted by molar-refractivity contribution is 7.92. The second kappa shape index (κ2) is 7.26. The maximum Gasteiger partial charge on any atom is 0.264 e. The lowest BCUT2D eigenvalue weighted by Gasteiger charge is -2.23. The van der Waals surface area contributed by atoms with Crippen molar-refractivity contribution in [1.29, 1.82) is 0 Å². The van der Waals surface area contributed by atoms with Crippen molar-refractivity contribution >= 4 is 21.6 Å². The Kier molecular flexibility index (Phi) is 5.36. The molecule has 0 aliphatic rings. The SMILES string of the molecule is CCc1ccc(N(CC(=O)NN)S(=O)(=O)c2ccccc2)cc1. The lowest BCUT2D eigenvalue weighted by molar-refractivity contribution is -0.119. The largest absolute Gasteiger partial charge is 0.293 e. The van der Waals surface area contributed by atoms with Crippen molar-refractivity contribution in [3.05, 3.63) is 60.2 Å². The van der Waals surface area contributed by atoms with Crippen LogP contribution in [0.4, 0.5) is 5.69 Å². The molecule has 0 atom stereocenters. The molecule has 0 radical (unpaired) electrons. The smallest absolute Gasteiger partial charge is 0.264 e. The third-order valence-electron chi connectivity index (χ3n) is 3.41. The first-order valence-electron chi connectivity index (χ1n) is 7.15. The van der Waals surface area contributed by atoms with E-state index < -0.39 is 15.9 Å². The van der Waals surface area contributed by atoms with Crippen LogP contribution in [0.3, 0.4) is 0 Å². The number of hydrogen-bond donors (Lipinski definition) is 2. The van der Waals surface area contributed by atoms with Crippen molar-refractivity contribution < 1.29 is 13.2 Å². The summed E-state index contributed by atoms with van der Waals surface area (Å²) in [5.41, 5.74) is 3.46. The number of nitrogens with zero attached hydrogens (tertiary/aromatic N) is 1. The maximum atomic E-state index is 12.8. The first-order chi connectivity index (χ1) is 11.0. The van der Waals surface area contributed by atoms with Crippen molar-refractivity contribution in [2.24, 2.45) is 5.84 Å². The molecule has 0 heterocycles. The molecule has 0 saturated carbocycles. The monoisotopic (exact) mass is 333 g/mol. The van der Waals surface area contributed by atoms with Gasteiger partial charge in [0, 0.05) is 0 Å². The summed E-state index contributed by atoms with van der Waals surface area (Å²) in [7, 11) is -3.86. The van der Waals surface area contributed by atoms with Crippen LogP contribution in [0.1, 0.15) is 12.5 Å². The van der Waals surface area contributed by atoms with Gasteiger partial charge in [-0.2, -0.15) is 0 Å². The van der Waals surface area contributed by atoms with E-state index in [0.717, 1.165) is 16.3 Å². The Morgan fingerprint density at radius 3 is 2.22 bits per heavy atom. The summed E-state index contributed by atoms with van der Waals surface area (Å²) >= 11 is 0. The van der Waals surface area contributed by atoms with E-state index in [1.807, 2.05) is 24.5 Å².